The summed E-state index contributed by atoms with van der Waals surface area (Å²) >= 11 is 0. The van der Waals surface area contributed by atoms with Crippen molar-refractivity contribution >= 4 is 11.9 Å². The van der Waals surface area contributed by atoms with Crippen molar-refractivity contribution in [3.05, 3.63) is 54.4 Å². The van der Waals surface area contributed by atoms with E-state index < -0.39 is 0 Å². The summed E-state index contributed by atoms with van der Waals surface area (Å²) in [7, 11) is 0. The van der Waals surface area contributed by atoms with Crippen molar-refractivity contribution in [2.24, 2.45) is 0 Å². The van der Waals surface area contributed by atoms with Crippen molar-refractivity contribution in [1.82, 2.24) is 9.97 Å². The molecule has 34 heavy (non-hydrogen) atoms. The lowest BCUT2D eigenvalue weighted by Crippen LogP contribution is -2.14. The molecule has 0 aliphatic heterocycles. The van der Waals surface area contributed by atoms with E-state index in [1.54, 1.807) is 6.92 Å². The molecule has 6 heteroatoms. The Balaban J connectivity index is 1.74. The molecule has 0 N–H and O–H groups in total. The second-order valence-electron chi connectivity index (χ2n) is 8.47. The summed E-state index contributed by atoms with van der Waals surface area (Å²) in [5, 5.41) is 0. The van der Waals surface area contributed by atoms with E-state index in [1.807, 2.05) is 31.2 Å². The molecule has 0 fully saturated rings. The molecule has 0 aliphatic carbocycles. The Morgan fingerprint density at radius 1 is 0.941 bits per heavy atom. The molecule has 0 spiro atoms. The molecule has 6 nitrogen and oxygen atoms in total. The molecule has 2 rings (SSSR count). The van der Waals surface area contributed by atoms with Crippen LogP contribution in [0.25, 0.3) is 11.4 Å². The van der Waals surface area contributed by atoms with E-state index in [4.69, 9.17) is 9.47 Å². The number of hydrogen-bond acceptors (Lipinski definition) is 6. The van der Waals surface area contributed by atoms with Crippen LogP contribution >= 0.6 is 0 Å². The highest BCUT2D eigenvalue weighted by molar-refractivity contribution is 5.72. The van der Waals surface area contributed by atoms with Gasteiger partial charge in [0.1, 0.15) is 0 Å². The molecule has 1 unspecified atom stereocenters. The summed E-state index contributed by atoms with van der Waals surface area (Å²) in [5.41, 5.74) is 2.04. The summed E-state index contributed by atoms with van der Waals surface area (Å²) in [6.07, 6.45) is 16.2. The Hall–Kier alpha value is -3.02. The number of hydrogen-bond donors (Lipinski definition) is 0. The standard InChI is InChI=1S/C28H38N2O4/c1-4-6-7-8-9-10-11-12-13-27(32)34-25-20-29-28(30-21-25)24-18-16-23(17-19-24)15-14-22(3)33-26(31)5-2/h10-11,16-22H,4-9,12-15H2,1-3H3. The van der Waals surface area contributed by atoms with Crippen LogP contribution in [0.4, 0.5) is 0 Å². The van der Waals surface area contributed by atoms with E-state index in [1.165, 1.54) is 38.1 Å². The van der Waals surface area contributed by atoms with Gasteiger partial charge in [-0.25, -0.2) is 9.97 Å². The maximum Gasteiger partial charge on any atom is 0.311 e. The van der Waals surface area contributed by atoms with Crippen LogP contribution in [0.3, 0.4) is 0 Å². The predicted octanol–water partition coefficient (Wildman–Crippen LogP) is 6.63. The van der Waals surface area contributed by atoms with Crippen molar-refractivity contribution in [1.29, 1.82) is 0 Å². The van der Waals surface area contributed by atoms with Gasteiger partial charge in [-0.15, -0.1) is 0 Å². The van der Waals surface area contributed by atoms with Crippen molar-refractivity contribution in [3.63, 3.8) is 0 Å². The Labute approximate surface area is 203 Å². The van der Waals surface area contributed by atoms with Gasteiger partial charge in [0, 0.05) is 18.4 Å². The van der Waals surface area contributed by atoms with Gasteiger partial charge in [0.2, 0.25) is 0 Å². The first kappa shape index (κ1) is 27.2. The molecule has 0 saturated heterocycles. The van der Waals surface area contributed by atoms with E-state index >= 15 is 0 Å². The SMILES string of the molecule is CCCCCCC=CCCC(=O)Oc1cnc(-c2ccc(CCC(C)OC(=O)CC)cc2)nc1. The van der Waals surface area contributed by atoms with Gasteiger partial charge in [-0.05, 0) is 44.6 Å². The normalized spacial score (nSPS) is 12.0. The van der Waals surface area contributed by atoms with Gasteiger partial charge in [-0.1, -0.05) is 69.5 Å². The zero-order valence-electron chi connectivity index (χ0n) is 20.8. The Kier molecular flexibility index (Phi) is 12.6. The van der Waals surface area contributed by atoms with Crippen molar-refractivity contribution in [3.8, 4) is 17.1 Å². The number of aromatic nitrogens is 2. The van der Waals surface area contributed by atoms with E-state index in [0.717, 1.165) is 30.4 Å². The van der Waals surface area contributed by atoms with Crippen LogP contribution < -0.4 is 4.74 Å². The van der Waals surface area contributed by atoms with Crippen molar-refractivity contribution < 1.29 is 19.1 Å². The minimum atomic E-state index is -0.282. The molecule has 1 aromatic carbocycles. The Bertz CT molecular complexity index is 892. The molecule has 2 aromatic rings. The largest absolute Gasteiger partial charge is 0.463 e. The molecule has 0 aliphatic rings. The van der Waals surface area contributed by atoms with Crippen LogP contribution in [0.5, 0.6) is 5.75 Å². The topological polar surface area (TPSA) is 78.4 Å². The van der Waals surface area contributed by atoms with Crippen LogP contribution in [0, 0.1) is 0 Å². The fourth-order valence-electron chi connectivity index (χ4n) is 3.38. The first-order chi connectivity index (χ1) is 16.5. The quantitative estimate of drug-likeness (QED) is 0.166. The highest BCUT2D eigenvalue weighted by Gasteiger charge is 2.09. The first-order valence-corrected chi connectivity index (χ1v) is 12.5. The second kappa shape index (κ2) is 15.8. The van der Waals surface area contributed by atoms with Crippen LogP contribution in [-0.4, -0.2) is 28.0 Å². The number of ether oxygens (including phenoxy) is 2. The van der Waals surface area contributed by atoms with Crippen molar-refractivity contribution in [2.75, 3.05) is 0 Å². The third-order valence-electron chi connectivity index (χ3n) is 5.44. The van der Waals surface area contributed by atoms with Gasteiger partial charge in [0.25, 0.3) is 0 Å². The lowest BCUT2D eigenvalue weighted by Gasteiger charge is -2.12. The minimum absolute atomic E-state index is 0.0997. The van der Waals surface area contributed by atoms with Crippen LogP contribution in [0.2, 0.25) is 0 Å². The highest BCUT2D eigenvalue weighted by Crippen LogP contribution is 2.19. The Morgan fingerprint density at radius 2 is 1.65 bits per heavy atom. The highest BCUT2D eigenvalue weighted by atomic mass is 16.5. The van der Waals surface area contributed by atoms with Crippen molar-refractivity contribution in [2.45, 2.75) is 91.1 Å². The first-order valence-electron chi connectivity index (χ1n) is 12.5. The Morgan fingerprint density at radius 3 is 2.32 bits per heavy atom. The second-order valence-corrected chi connectivity index (χ2v) is 8.47. The zero-order valence-corrected chi connectivity index (χ0v) is 20.8. The summed E-state index contributed by atoms with van der Waals surface area (Å²) in [5.74, 6) is 0.474. The maximum atomic E-state index is 12.0. The lowest BCUT2D eigenvalue weighted by molar-refractivity contribution is -0.148. The molecule has 184 valence electrons. The third-order valence-corrected chi connectivity index (χ3v) is 5.44. The van der Waals surface area contributed by atoms with Crippen LogP contribution in [-0.2, 0) is 20.7 Å². The smallest absolute Gasteiger partial charge is 0.311 e. The van der Waals surface area contributed by atoms with Gasteiger partial charge in [-0.2, -0.15) is 0 Å². The van der Waals surface area contributed by atoms with Gasteiger partial charge in [0.15, 0.2) is 11.6 Å². The molecule has 1 atom stereocenters. The lowest BCUT2D eigenvalue weighted by atomic mass is 10.1. The fraction of sp³-hybridized carbons (Fsp3) is 0.500. The molecule has 0 bridgehead atoms. The average molecular weight is 467 g/mol. The summed E-state index contributed by atoms with van der Waals surface area (Å²) < 4.78 is 10.6. The maximum absolute atomic E-state index is 12.0. The fourth-order valence-corrected chi connectivity index (χ4v) is 3.38. The molecular weight excluding hydrogens is 428 g/mol. The summed E-state index contributed by atoms with van der Waals surface area (Å²) in [6, 6.07) is 7.98. The summed E-state index contributed by atoms with van der Waals surface area (Å²) in [4.78, 5) is 32.1. The molecular formula is C28H38N2O4. The molecule has 0 saturated carbocycles. The number of benzene rings is 1. The number of rotatable bonds is 15. The third kappa shape index (κ3) is 10.7. The minimum Gasteiger partial charge on any atom is -0.463 e. The predicted molar refractivity (Wildman–Crippen MR) is 134 cm³/mol. The number of esters is 2. The average Bonchev–Trinajstić information content (AvgIpc) is 2.85. The zero-order chi connectivity index (χ0) is 24.6. The number of carbonyl (C=O) groups excluding carboxylic acids is 2. The van der Waals surface area contributed by atoms with Gasteiger partial charge < -0.3 is 9.47 Å². The number of nitrogens with zero attached hydrogens (tertiary/aromatic N) is 2. The van der Waals surface area contributed by atoms with E-state index in [2.05, 4.69) is 29.0 Å². The van der Waals surface area contributed by atoms with Gasteiger partial charge in [-0.3, -0.25) is 9.59 Å². The number of aryl methyl sites for hydroxylation is 1. The number of carbonyl (C=O) groups is 2. The molecule has 1 aromatic heterocycles. The van der Waals surface area contributed by atoms with E-state index in [0.29, 0.717) is 30.8 Å². The monoisotopic (exact) mass is 466 g/mol. The van der Waals surface area contributed by atoms with E-state index in [9.17, 15) is 9.59 Å². The molecule has 0 radical (unpaired) electrons. The summed E-state index contributed by atoms with van der Waals surface area (Å²) in [6.45, 7) is 5.91. The van der Waals surface area contributed by atoms with E-state index in [-0.39, 0.29) is 18.0 Å². The molecule has 0 amide bonds. The van der Waals surface area contributed by atoms with Crippen LogP contribution in [0.15, 0.2) is 48.8 Å². The van der Waals surface area contributed by atoms with Gasteiger partial charge >= 0.3 is 11.9 Å². The number of allylic oxidation sites excluding steroid dienone is 2. The van der Waals surface area contributed by atoms with Gasteiger partial charge in [0.05, 0.1) is 18.5 Å². The number of unbranched alkanes of at least 4 members (excludes halogenated alkanes) is 4. The van der Waals surface area contributed by atoms with Crippen LogP contribution in [0.1, 0.15) is 84.1 Å². The molecule has 1 heterocycles.